The molecule has 0 fully saturated rings. The Morgan fingerprint density at radius 1 is 0.727 bits per heavy atom. The summed E-state index contributed by atoms with van der Waals surface area (Å²) in [6.07, 6.45) is 0. The van der Waals surface area contributed by atoms with Crippen LogP contribution in [0.1, 0.15) is 13.8 Å². The maximum absolute atomic E-state index is 11.6. The highest BCUT2D eigenvalue weighted by Crippen LogP contribution is 2.12. The van der Waals surface area contributed by atoms with Crippen LogP contribution in [0.25, 0.3) is 0 Å². The molecule has 14 nitrogen and oxygen atoms in total. The molecule has 0 saturated carbocycles. The topological polar surface area (TPSA) is 226 Å². The van der Waals surface area contributed by atoms with Gasteiger partial charge in [0.2, 0.25) is 11.8 Å². The molecule has 6 N–H and O–H groups in total. The molecule has 0 aliphatic rings. The lowest BCUT2D eigenvalue weighted by atomic mass is 9.78. The number of hydrogen-bond donors (Lipinski definition) is 6. The Bertz CT molecular complexity index is 852. The number of nitrogens with one attached hydrogen (secondary N) is 2. The summed E-state index contributed by atoms with van der Waals surface area (Å²) in [6.45, 7) is -0.616. The number of rotatable bonds is 13. The highest BCUT2D eigenvalue weighted by molar-refractivity contribution is 6.61. The predicted octanol–water partition coefficient (Wildman–Crippen LogP) is -2.50. The zero-order chi connectivity index (χ0) is 25.4. The smallest absolute Gasteiger partial charge is 0.479 e. The number of hydrogen-bond acceptors (Lipinski definition) is 8. The number of aliphatic carboxylic acids is 4. The minimum Gasteiger partial charge on any atom is -0.479 e. The van der Waals surface area contributed by atoms with E-state index in [9.17, 15) is 49.2 Å². The van der Waals surface area contributed by atoms with E-state index >= 15 is 0 Å². The molecule has 0 spiro atoms. The zero-order valence-corrected chi connectivity index (χ0v) is 17.4. The van der Waals surface area contributed by atoms with Crippen LogP contribution < -0.4 is 16.1 Å². The van der Waals surface area contributed by atoms with Crippen LogP contribution in [0.4, 0.5) is 0 Å². The lowest BCUT2D eigenvalue weighted by Gasteiger charge is -2.29. The van der Waals surface area contributed by atoms with E-state index in [0.717, 1.165) is 13.8 Å². The predicted molar refractivity (Wildman–Crippen MR) is 107 cm³/mol. The van der Waals surface area contributed by atoms with Crippen LogP contribution in [-0.2, 0) is 38.1 Å². The molecule has 0 aliphatic heterocycles. The lowest BCUT2D eigenvalue weighted by Crippen LogP contribution is -2.65. The van der Waals surface area contributed by atoms with Crippen molar-refractivity contribution < 1.29 is 58.5 Å². The van der Waals surface area contributed by atoms with Crippen molar-refractivity contribution in [3.63, 3.8) is 0 Å². The van der Waals surface area contributed by atoms with Gasteiger partial charge in [0.25, 0.3) is 11.1 Å². The Morgan fingerprint density at radius 2 is 1.06 bits per heavy atom. The average Bonchev–Trinajstić information content (AvgIpc) is 2.71. The maximum atomic E-state index is 11.6. The van der Waals surface area contributed by atoms with Crippen LogP contribution in [-0.4, -0.2) is 87.5 Å². The van der Waals surface area contributed by atoms with Crippen molar-refractivity contribution in [2.45, 2.75) is 24.9 Å². The van der Waals surface area contributed by atoms with E-state index in [0.29, 0.717) is 0 Å². The molecule has 0 saturated heterocycles. The minimum absolute atomic E-state index is 0.123. The Hall–Kier alpha value is -3.98. The summed E-state index contributed by atoms with van der Waals surface area (Å²) in [7, 11) is -1.69. The second kappa shape index (κ2) is 11.1. The summed E-state index contributed by atoms with van der Waals surface area (Å²) in [5.74, 6) is -9.88. The van der Waals surface area contributed by atoms with Gasteiger partial charge in [0, 0.05) is 13.8 Å². The first-order chi connectivity index (χ1) is 15.3. The van der Waals surface area contributed by atoms with Crippen LogP contribution in [0.3, 0.4) is 0 Å². The van der Waals surface area contributed by atoms with Crippen molar-refractivity contribution in [3.05, 3.63) is 30.3 Å². The number of carbonyl (C=O) groups excluding carboxylic acids is 2. The van der Waals surface area contributed by atoms with Crippen molar-refractivity contribution in [2.75, 3.05) is 13.2 Å². The monoisotopic (exact) mass is 468 g/mol. The fraction of sp³-hybridized carbons (Fsp3) is 0.333. The Kier molecular flexibility index (Phi) is 9.07. The molecule has 2 amide bonds. The number of amides is 2. The summed E-state index contributed by atoms with van der Waals surface area (Å²) >= 11 is 0. The summed E-state index contributed by atoms with van der Waals surface area (Å²) in [6, 6.07) is 7.31. The molecular formula is C18H21BN2O12. The fourth-order valence-corrected chi connectivity index (χ4v) is 2.57. The molecule has 0 aromatic heterocycles. The third-order valence-electron chi connectivity index (χ3n) is 4.21. The summed E-state index contributed by atoms with van der Waals surface area (Å²) in [4.78, 5) is 69.4. The molecule has 1 rings (SSSR count). The van der Waals surface area contributed by atoms with Crippen molar-refractivity contribution in [3.8, 4) is 0 Å². The normalized spacial score (nSPS) is 11.2. The molecule has 1 aromatic rings. The standard InChI is InChI=1S/C18H21BN2O12/c1-10(22)20-17(13(24)25,14(26)27)8-32-19(12-6-4-3-5-7-12)33-9-18(15(28)29,16(30)31)21-11(2)23/h3-7H,8-9H2,1-2H3,(H,20,22)(H,21,23)(H,24,25)(H,26,27)(H,28,29)(H,30,31). The van der Waals surface area contributed by atoms with Gasteiger partial charge < -0.3 is 40.4 Å². The van der Waals surface area contributed by atoms with Crippen LogP contribution in [0, 0.1) is 0 Å². The van der Waals surface area contributed by atoms with Gasteiger partial charge in [-0.1, -0.05) is 30.3 Å². The van der Waals surface area contributed by atoms with Crippen LogP contribution in [0.2, 0.25) is 0 Å². The quantitative estimate of drug-likeness (QED) is 0.131. The van der Waals surface area contributed by atoms with E-state index in [1.54, 1.807) is 16.7 Å². The lowest BCUT2D eigenvalue weighted by molar-refractivity contribution is -0.163. The maximum Gasteiger partial charge on any atom is 0.494 e. The third-order valence-corrected chi connectivity index (χ3v) is 4.21. The van der Waals surface area contributed by atoms with E-state index in [1.807, 2.05) is 0 Å². The third kappa shape index (κ3) is 6.50. The Balaban J connectivity index is 3.32. The SMILES string of the molecule is CC(=O)NC(COB(OCC(NC(C)=O)(C(=O)O)C(=O)O)c1ccccc1)(C(=O)O)C(=O)O. The highest BCUT2D eigenvalue weighted by Gasteiger charge is 2.51. The molecule has 1 aromatic carbocycles. The second-order valence-corrected chi connectivity index (χ2v) is 6.76. The van der Waals surface area contributed by atoms with Gasteiger partial charge in [0.05, 0.1) is 13.2 Å². The zero-order valence-electron chi connectivity index (χ0n) is 17.4. The van der Waals surface area contributed by atoms with Crippen LogP contribution in [0.5, 0.6) is 0 Å². The molecule has 0 heterocycles. The van der Waals surface area contributed by atoms with E-state index in [1.165, 1.54) is 24.3 Å². The van der Waals surface area contributed by atoms with Crippen molar-refractivity contribution in [1.29, 1.82) is 0 Å². The molecule has 15 heteroatoms. The average molecular weight is 468 g/mol. The molecular weight excluding hydrogens is 447 g/mol. The Labute approximate surface area is 186 Å². The van der Waals surface area contributed by atoms with Gasteiger partial charge in [-0.2, -0.15) is 0 Å². The second-order valence-electron chi connectivity index (χ2n) is 6.76. The molecule has 0 radical (unpaired) electrons. The van der Waals surface area contributed by atoms with Crippen LogP contribution in [0.15, 0.2) is 30.3 Å². The summed E-state index contributed by atoms with van der Waals surface area (Å²) < 4.78 is 10.6. The number of carbonyl (C=O) groups is 6. The van der Waals surface area contributed by atoms with E-state index in [2.05, 4.69) is 0 Å². The van der Waals surface area contributed by atoms with E-state index in [4.69, 9.17) is 9.31 Å². The van der Waals surface area contributed by atoms with E-state index in [-0.39, 0.29) is 5.46 Å². The number of benzene rings is 1. The molecule has 0 bridgehead atoms. The molecule has 33 heavy (non-hydrogen) atoms. The summed E-state index contributed by atoms with van der Waals surface area (Å²) in [5, 5.41) is 41.2. The van der Waals surface area contributed by atoms with Gasteiger partial charge in [-0.05, 0) is 5.46 Å². The highest BCUT2D eigenvalue weighted by atomic mass is 16.6. The fourth-order valence-electron chi connectivity index (χ4n) is 2.57. The van der Waals surface area contributed by atoms with Crippen molar-refractivity contribution in [2.24, 2.45) is 0 Å². The minimum atomic E-state index is -2.93. The molecule has 0 unspecified atom stereocenters. The molecule has 0 atom stereocenters. The van der Waals surface area contributed by atoms with Crippen molar-refractivity contribution in [1.82, 2.24) is 10.6 Å². The largest absolute Gasteiger partial charge is 0.494 e. The molecule has 178 valence electrons. The van der Waals surface area contributed by atoms with Gasteiger partial charge >= 0.3 is 31.0 Å². The first kappa shape index (κ1) is 27.1. The number of carboxylic acids is 4. The van der Waals surface area contributed by atoms with Crippen molar-refractivity contribution >= 4 is 48.3 Å². The van der Waals surface area contributed by atoms with Gasteiger partial charge in [0.15, 0.2) is 0 Å². The summed E-state index contributed by atoms with van der Waals surface area (Å²) in [5.41, 5.74) is -5.75. The van der Waals surface area contributed by atoms with Gasteiger partial charge in [-0.25, -0.2) is 19.2 Å². The first-order valence-electron chi connectivity index (χ1n) is 9.07. The van der Waals surface area contributed by atoms with E-state index < -0.39 is 67.1 Å². The van der Waals surface area contributed by atoms with Crippen LogP contribution >= 0.6 is 0 Å². The van der Waals surface area contributed by atoms with Gasteiger partial charge in [-0.15, -0.1) is 0 Å². The molecule has 0 aliphatic carbocycles. The van der Waals surface area contributed by atoms with Gasteiger partial charge in [0.1, 0.15) is 0 Å². The van der Waals surface area contributed by atoms with Gasteiger partial charge in [-0.3, -0.25) is 9.59 Å². The first-order valence-corrected chi connectivity index (χ1v) is 9.07. The number of carboxylic acid groups (broad SMARTS) is 4. The Morgan fingerprint density at radius 3 is 1.33 bits per heavy atom.